The van der Waals surface area contributed by atoms with Crippen molar-refractivity contribution in [2.45, 2.75) is 46.6 Å². The highest BCUT2D eigenvalue weighted by atomic mass is 16.3. The molecule has 0 saturated carbocycles. The van der Waals surface area contributed by atoms with Crippen LogP contribution in [0.25, 0.3) is 22.0 Å². The first kappa shape index (κ1) is 20.6. The lowest BCUT2D eigenvalue weighted by atomic mass is 10.1. The van der Waals surface area contributed by atoms with Crippen LogP contribution in [-0.2, 0) is 0 Å². The van der Waals surface area contributed by atoms with E-state index in [1.54, 1.807) is 23.0 Å². The summed E-state index contributed by atoms with van der Waals surface area (Å²) in [6.07, 6.45) is 1.63. The van der Waals surface area contributed by atoms with Crippen molar-refractivity contribution in [2.24, 2.45) is 0 Å². The fourth-order valence-corrected chi connectivity index (χ4v) is 3.53. The lowest BCUT2D eigenvalue weighted by Crippen LogP contribution is -2.41. The minimum Gasteiger partial charge on any atom is -0.451 e. The summed E-state index contributed by atoms with van der Waals surface area (Å²) >= 11 is 0. The molecule has 0 aliphatic heterocycles. The van der Waals surface area contributed by atoms with Crippen molar-refractivity contribution in [3.05, 3.63) is 59.1 Å². The molecule has 0 unspecified atom stereocenters. The number of nitrogens with zero attached hydrogens (tertiary/aromatic N) is 3. The van der Waals surface area contributed by atoms with Gasteiger partial charge in [-0.15, -0.1) is 0 Å². The van der Waals surface area contributed by atoms with Crippen molar-refractivity contribution in [1.82, 2.24) is 25.6 Å². The molecule has 0 spiro atoms. The Hall–Kier alpha value is -3.68. The third-order valence-corrected chi connectivity index (χ3v) is 5.25. The van der Waals surface area contributed by atoms with E-state index < -0.39 is 11.8 Å². The number of aryl methyl sites for hydroxylation is 1. The summed E-state index contributed by atoms with van der Waals surface area (Å²) in [5, 5.41) is 5.88. The maximum absolute atomic E-state index is 13.0. The van der Waals surface area contributed by atoms with Gasteiger partial charge in [-0.2, -0.15) is 5.10 Å². The van der Waals surface area contributed by atoms with Crippen LogP contribution in [0.3, 0.4) is 0 Å². The lowest BCUT2D eigenvalue weighted by molar-refractivity contribution is 0.0832. The zero-order valence-electron chi connectivity index (χ0n) is 18.2. The number of amides is 2. The quantitative estimate of drug-likeness (QED) is 0.481. The van der Waals surface area contributed by atoms with Crippen LogP contribution in [0.4, 0.5) is 0 Å². The third kappa shape index (κ3) is 3.65. The van der Waals surface area contributed by atoms with E-state index in [4.69, 9.17) is 9.40 Å². The largest absolute Gasteiger partial charge is 0.451 e. The summed E-state index contributed by atoms with van der Waals surface area (Å²) in [7, 11) is 0. The number of pyridine rings is 1. The average molecular weight is 419 g/mol. The zero-order valence-corrected chi connectivity index (χ0v) is 18.2. The Labute approximate surface area is 179 Å². The highest BCUT2D eigenvalue weighted by molar-refractivity contribution is 6.07. The predicted octanol–water partition coefficient (Wildman–Crippen LogP) is 4.27. The number of aromatic nitrogens is 3. The summed E-state index contributed by atoms with van der Waals surface area (Å²) < 4.78 is 7.45. The Morgan fingerprint density at radius 1 is 1.03 bits per heavy atom. The van der Waals surface area contributed by atoms with E-state index in [9.17, 15) is 9.59 Å². The van der Waals surface area contributed by atoms with Crippen LogP contribution in [0.1, 0.15) is 71.8 Å². The van der Waals surface area contributed by atoms with Crippen molar-refractivity contribution in [2.75, 3.05) is 0 Å². The first-order chi connectivity index (χ1) is 14.8. The van der Waals surface area contributed by atoms with E-state index in [1.165, 1.54) is 0 Å². The molecule has 3 heterocycles. The number of carbonyl (C=O) groups is 2. The number of nitrogens with one attached hydrogen (secondary N) is 2. The van der Waals surface area contributed by atoms with Gasteiger partial charge in [-0.05, 0) is 38.8 Å². The maximum Gasteiger partial charge on any atom is 0.305 e. The van der Waals surface area contributed by atoms with Crippen LogP contribution >= 0.6 is 0 Å². The van der Waals surface area contributed by atoms with Gasteiger partial charge in [0.25, 0.3) is 5.91 Å². The topological polar surface area (TPSA) is 102 Å². The number of para-hydroxylation sites is 1. The molecular weight excluding hydrogens is 394 g/mol. The second kappa shape index (κ2) is 7.86. The fourth-order valence-electron chi connectivity index (χ4n) is 3.53. The summed E-state index contributed by atoms with van der Waals surface area (Å²) in [6.45, 7) is 9.85. The van der Waals surface area contributed by atoms with Gasteiger partial charge >= 0.3 is 5.91 Å². The molecule has 3 aromatic heterocycles. The van der Waals surface area contributed by atoms with Crippen molar-refractivity contribution in [3.63, 3.8) is 0 Å². The van der Waals surface area contributed by atoms with Gasteiger partial charge in [-0.25, -0.2) is 9.67 Å². The van der Waals surface area contributed by atoms with Gasteiger partial charge in [-0.1, -0.05) is 32.0 Å². The molecule has 2 amide bonds. The molecule has 2 N–H and O–H groups in total. The number of furan rings is 1. The minimum atomic E-state index is -0.519. The van der Waals surface area contributed by atoms with Crippen LogP contribution in [-0.4, -0.2) is 26.6 Å². The van der Waals surface area contributed by atoms with Gasteiger partial charge in [0.2, 0.25) is 0 Å². The Kier molecular flexibility index (Phi) is 5.22. The first-order valence-electron chi connectivity index (χ1n) is 10.2. The van der Waals surface area contributed by atoms with Crippen molar-refractivity contribution in [1.29, 1.82) is 0 Å². The number of hydrogen-bond acceptors (Lipinski definition) is 5. The summed E-state index contributed by atoms with van der Waals surface area (Å²) in [4.78, 5) is 30.3. The first-order valence-corrected chi connectivity index (χ1v) is 10.2. The number of hydrazine groups is 1. The van der Waals surface area contributed by atoms with Crippen LogP contribution in [0.2, 0.25) is 0 Å². The highest BCUT2D eigenvalue weighted by Gasteiger charge is 2.21. The SMILES string of the molecule is Cc1c(C(=O)NNC(=O)c2cc(C(C)C)nc3c2cnn3C(C)C)oc2ccccc12. The Morgan fingerprint density at radius 3 is 2.42 bits per heavy atom. The van der Waals surface area contributed by atoms with Gasteiger partial charge in [-0.3, -0.25) is 20.4 Å². The van der Waals surface area contributed by atoms with Gasteiger partial charge in [0, 0.05) is 22.7 Å². The van der Waals surface area contributed by atoms with Crippen LogP contribution in [0, 0.1) is 6.92 Å². The molecule has 0 saturated heterocycles. The normalized spacial score (nSPS) is 11.6. The molecule has 160 valence electrons. The second-order valence-corrected chi connectivity index (χ2v) is 8.13. The van der Waals surface area contributed by atoms with Crippen LogP contribution in [0.15, 0.2) is 40.9 Å². The van der Waals surface area contributed by atoms with Gasteiger partial charge in [0.15, 0.2) is 11.4 Å². The van der Waals surface area contributed by atoms with E-state index in [2.05, 4.69) is 16.0 Å². The zero-order chi connectivity index (χ0) is 22.3. The maximum atomic E-state index is 13.0. The van der Waals surface area contributed by atoms with E-state index in [0.717, 1.165) is 11.1 Å². The van der Waals surface area contributed by atoms with E-state index in [0.29, 0.717) is 27.7 Å². The van der Waals surface area contributed by atoms with E-state index >= 15 is 0 Å². The fraction of sp³-hybridized carbons (Fsp3) is 0.304. The summed E-state index contributed by atoms with van der Waals surface area (Å²) in [5.41, 5.74) is 8.13. The van der Waals surface area contributed by atoms with E-state index in [1.807, 2.05) is 52.8 Å². The van der Waals surface area contributed by atoms with Gasteiger partial charge in [0.1, 0.15) is 5.58 Å². The predicted molar refractivity (Wildman–Crippen MR) is 118 cm³/mol. The average Bonchev–Trinajstić information content (AvgIpc) is 3.32. The Bertz CT molecular complexity index is 1300. The van der Waals surface area contributed by atoms with Crippen molar-refractivity contribution >= 4 is 33.8 Å². The second-order valence-electron chi connectivity index (χ2n) is 8.13. The van der Waals surface area contributed by atoms with Gasteiger partial charge in [0.05, 0.1) is 17.1 Å². The molecule has 0 aliphatic carbocycles. The van der Waals surface area contributed by atoms with E-state index in [-0.39, 0.29) is 17.7 Å². The standard InChI is InChI=1S/C23H25N5O3/c1-12(2)18-10-16(17-11-24-28(13(3)4)21(17)25-18)22(29)26-27-23(30)20-14(5)15-8-6-7-9-19(15)31-20/h6-13H,1-5H3,(H,26,29)(H,27,30). The molecular formula is C23H25N5O3. The number of carbonyl (C=O) groups excluding carboxylic acids is 2. The third-order valence-electron chi connectivity index (χ3n) is 5.25. The number of hydrogen-bond donors (Lipinski definition) is 2. The Morgan fingerprint density at radius 2 is 1.74 bits per heavy atom. The molecule has 4 aromatic rings. The molecule has 0 fully saturated rings. The molecule has 1 aromatic carbocycles. The number of benzene rings is 1. The molecule has 31 heavy (non-hydrogen) atoms. The molecule has 4 rings (SSSR count). The molecule has 8 nitrogen and oxygen atoms in total. The molecule has 0 radical (unpaired) electrons. The number of fused-ring (bicyclic) bond motifs is 2. The summed E-state index contributed by atoms with van der Waals surface area (Å²) in [6, 6.07) is 9.24. The molecule has 0 atom stereocenters. The highest BCUT2D eigenvalue weighted by Crippen LogP contribution is 2.26. The molecule has 8 heteroatoms. The molecule has 0 bridgehead atoms. The summed E-state index contributed by atoms with van der Waals surface area (Å²) in [5.74, 6) is -0.676. The van der Waals surface area contributed by atoms with Crippen molar-refractivity contribution < 1.29 is 14.0 Å². The molecule has 0 aliphatic rings. The lowest BCUT2D eigenvalue weighted by Gasteiger charge is -2.12. The monoisotopic (exact) mass is 419 g/mol. The van der Waals surface area contributed by atoms with Crippen LogP contribution < -0.4 is 10.9 Å². The Balaban J connectivity index is 1.62. The van der Waals surface area contributed by atoms with Crippen LogP contribution in [0.5, 0.6) is 0 Å². The van der Waals surface area contributed by atoms with Gasteiger partial charge < -0.3 is 4.42 Å². The van der Waals surface area contributed by atoms with Crippen molar-refractivity contribution in [3.8, 4) is 0 Å². The smallest absolute Gasteiger partial charge is 0.305 e. The number of rotatable bonds is 4. The minimum absolute atomic E-state index is 0.0964.